The molecule has 0 radical (unpaired) electrons. The summed E-state index contributed by atoms with van der Waals surface area (Å²) in [6, 6.07) is 9.72. The van der Waals surface area contributed by atoms with Crippen LogP contribution < -0.4 is 5.32 Å². The van der Waals surface area contributed by atoms with E-state index in [0.717, 1.165) is 23.8 Å². The van der Waals surface area contributed by atoms with Crippen molar-refractivity contribution in [3.05, 3.63) is 65.2 Å². The number of rotatable bonds is 2. The number of carbonyl (C=O) groups is 1. The van der Waals surface area contributed by atoms with Crippen LogP contribution in [0.4, 0.5) is 14.5 Å². The Hall–Kier alpha value is -2.23. The summed E-state index contributed by atoms with van der Waals surface area (Å²) in [5.41, 5.74) is 1.24. The van der Waals surface area contributed by atoms with Gasteiger partial charge in [0, 0.05) is 11.6 Å². The average Bonchev–Trinajstić information content (AvgIpc) is 2.34. The fraction of sp³-hybridized carbons (Fsp3) is 0.0714. The van der Waals surface area contributed by atoms with Crippen molar-refractivity contribution in [3.63, 3.8) is 0 Å². The van der Waals surface area contributed by atoms with Gasteiger partial charge < -0.3 is 5.32 Å². The molecule has 2 aromatic rings. The second-order valence-corrected chi connectivity index (χ2v) is 3.94. The van der Waals surface area contributed by atoms with Gasteiger partial charge in [0.25, 0.3) is 5.91 Å². The molecule has 2 nitrogen and oxygen atoms in total. The van der Waals surface area contributed by atoms with Crippen molar-refractivity contribution in [3.8, 4) is 0 Å². The molecule has 0 saturated heterocycles. The number of hydrogen-bond donors (Lipinski definition) is 1. The van der Waals surface area contributed by atoms with Crippen molar-refractivity contribution < 1.29 is 13.6 Å². The molecule has 0 aliphatic heterocycles. The summed E-state index contributed by atoms with van der Waals surface area (Å²) >= 11 is 0. The highest BCUT2D eigenvalue weighted by atomic mass is 19.1. The third-order valence-electron chi connectivity index (χ3n) is 2.49. The lowest BCUT2D eigenvalue weighted by molar-refractivity contribution is 0.102. The van der Waals surface area contributed by atoms with Crippen LogP contribution in [0.3, 0.4) is 0 Å². The monoisotopic (exact) mass is 247 g/mol. The maximum Gasteiger partial charge on any atom is 0.255 e. The minimum Gasteiger partial charge on any atom is -0.319 e. The molecule has 18 heavy (non-hydrogen) atoms. The first kappa shape index (κ1) is 12.2. The second kappa shape index (κ2) is 4.96. The van der Waals surface area contributed by atoms with E-state index in [1.165, 1.54) is 0 Å². The Balaban J connectivity index is 2.21. The molecule has 2 aromatic carbocycles. The van der Waals surface area contributed by atoms with Crippen molar-refractivity contribution in [1.82, 2.24) is 0 Å². The third kappa shape index (κ3) is 2.71. The number of nitrogens with one attached hydrogen (secondary N) is 1. The van der Waals surface area contributed by atoms with E-state index in [1.807, 2.05) is 6.92 Å². The molecule has 1 amide bonds. The van der Waals surface area contributed by atoms with Crippen molar-refractivity contribution in [2.45, 2.75) is 6.92 Å². The summed E-state index contributed by atoms with van der Waals surface area (Å²) in [5, 5.41) is 2.33. The van der Waals surface area contributed by atoms with Crippen LogP contribution in [0.5, 0.6) is 0 Å². The molecule has 0 heterocycles. The Labute approximate surface area is 103 Å². The molecule has 0 aliphatic rings. The Morgan fingerprint density at radius 3 is 2.39 bits per heavy atom. The molecule has 2 rings (SSSR count). The molecule has 4 heteroatoms. The lowest BCUT2D eigenvalue weighted by Crippen LogP contribution is -2.13. The first-order valence-corrected chi connectivity index (χ1v) is 5.39. The zero-order valence-electron chi connectivity index (χ0n) is 9.71. The zero-order chi connectivity index (χ0) is 13.1. The molecule has 0 saturated carbocycles. The fourth-order valence-electron chi connectivity index (χ4n) is 1.49. The maximum absolute atomic E-state index is 13.3. The highest BCUT2D eigenvalue weighted by Gasteiger charge is 2.09. The maximum atomic E-state index is 13.3. The van der Waals surface area contributed by atoms with Gasteiger partial charge in [0.15, 0.2) is 0 Å². The second-order valence-electron chi connectivity index (χ2n) is 3.94. The van der Waals surface area contributed by atoms with Gasteiger partial charge in [0.05, 0.1) is 5.69 Å². The lowest BCUT2D eigenvalue weighted by Gasteiger charge is -2.06. The third-order valence-corrected chi connectivity index (χ3v) is 2.49. The Kier molecular flexibility index (Phi) is 3.37. The van der Waals surface area contributed by atoms with E-state index in [0.29, 0.717) is 5.56 Å². The number of carbonyl (C=O) groups excluding carboxylic acids is 1. The lowest BCUT2D eigenvalue weighted by atomic mass is 10.1. The van der Waals surface area contributed by atoms with E-state index >= 15 is 0 Å². The van der Waals surface area contributed by atoms with E-state index in [1.54, 1.807) is 24.3 Å². The Morgan fingerprint density at radius 2 is 1.72 bits per heavy atom. The minimum atomic E-state index is -0.670. The zero-order valence-corrected chi connectivity index (χ0v) is 9.71. The first-order chi connectivity index (χ1) is 8.56. The molecule has 0 aliphatic carbocycles. The van der Waals surface area contributed by atoms with Crippen molar-refractivity contribution in [1.29, 1.82) is 0 Å². The van der Waals surface area contributed by atoms with Crippen LogP contribution in [0, 0.1) is 18.6 Å². The summed E-state index contributed by atoms with van der Waals surface area (Å²) < 4.78 is 26.3. The number of halogens is 2. The first-order valence-electron chi connectivity index (χ1n) is 5.39. The van der Waals surface area contributed by atoms with E-state index in [-0.39, 0.29) is 5.69 Å². The Morgan fingerprint density at radius 1 is 1.06 bits per heavy atom. The van der Waals surface area contributed by atoms with Crippen LogP contribution in [0.25, 0.3) is 0 Å². The fourth-order valence-corrected chi connectivity index (χ4v) is 1.49. The van der Waals surface area contributed by atoms with Gasteiger partial charge in [-0.3, -0.25) is 4.79 Å². The largest absolute Gasteiger partial charge is 0.319 e. The predicted octanol–water partition coefficient (Wildman–Crippen LogP) is 3.53. The van der Waals surface area contributed by atoms with E-state index in [2.05, 4.69) is 5.32 Å². The molecule has 0 bridgehead atoms. The summed E-state index contributed by atoms with van der Waals surface area (Å²) in [7, 11) is 0. The van der Waals surface area contributed by atoms with Crippen LogP contribution in [0.2, 0.25) is 0 Å². The van der Waals surface area contributed by atoms with Crippen molar-refractivity contribution >= 4 is 11.6 Å². The SMILES string of the molecule is Cc1ccc(C(=O)Nc2cc(F)ccc2F)cc1. The van der Waals surface area contributed by atoms with Crippen molar-refractivity contribution in [2.24, 2.45) is 0 Å². The van der Waals surface area contributed by atoms with Crippen LogP contribution >= 0.6 is 0 Å². The molecule has 0 fully saturated rings. The van der Waals surface area contributed by atoms with Crippen molar-refractivity contribution in [2.75, 3.05) is 5.32 Å². The normalized spacial score (nSPS) is 10.2. The predicted molar refractivity (Wildman–Crippen MR) is 65.5 cm³/mol. The highest BCUT2D eigenvalue weighted by Crippen LogP contribution is 2.16. The number of aryl methyl sites for hydroxylation is 1. The van der Waals surface area contributed by atoms with Crippen LogP contribution in [0.15, 0.2) is 42.5 Å². The standard InChI is InChI=1S/C14H11F2NO/c1-9-2-4-10(5-3-9)14(18)17-13-8-11(15)6-7-12(13)16/h2-8H,1H3,(H,17,18). The quantitative estimate of drug-likeness (QED) is 0.864. The summed E-state index contributed by atoms with van der Waals surface area (Å²) in [6.07, 6.45) is 0. The Bertz CT molecular complexity index is 579. The van der Waals surface area contributed by atoms with Gasteiger partial charge in [0.1, 0.15) is 11.6 Å². The van der Waals surface area contributed by atoms with Gasteiger partial charge in [-0.05, 0) is 31.2 Å². The van der Waals surface area contributed by atoms with Gasteiger partial charge in [-0.15, -0.1) is 0 Å². The molecular formula is C14H11F2NO. The van der Waals surface area contributed by atoms with Gasteiger partial charge in [-0.25, -0.2) is 8.78 Å². The smallest absolute Gasteiger partial charge is 0.255 e. The van der Waals surface area contributed by atoms with Crippen LogP contribution in [-0.2, 0) is 0 Å². The van der Waals surface area contributed by atoms with E-state index in [9.17, 15) is 13.6 Å². The number of hydrogen-bond acceptors (Lipinski definition) is 1. The molecule has 0 aromatic heterocycles. The van der Waals surface area contributed by atoms with Crippen LogP contribution in [-0.4, -0.2) is 5.91 Å². The van der Waals surface area contributed by atoms with Gasteiger partial charge in [-0.1, -0.05) is 17.7 Å². The molecule has 0 atom stereocenters. The molecule has 1 N–H and O–H groups in total. The molecule has 0 spiro atoms. The summed E-state index contributed by atoms with van der Waals surface area (Å²) in [4.78, 5) is 11.8. The molecular weight excluding hydrogens is 236 g/mol. The number of anilines is 1. The van der Waals surface area contributed by atoms with E-state index < -0.39 is 17.5 Å². The number of amides is 1. The van der Waals surface area contributed by atoms with E-state index in [4.69, 9.17) is 0 Å². The topological polar surface area (TPSA) is 29.1 Å². The highest BCUT2D eigenvalue weighted by molar-refractivity contribution is 6.04. The minimum absolute atomic E-state index is 0.166. The number of benzene rings is 2. The average molecular weight is 247 g/mol. The summed E-state index contributed by atoms with van der Waals surface area (Å²) in [6.45, 7) is 1.90. The van der Waals surface area contributed by atoms with Gasteiger partial charge in [0.2, 0.25) is 0 Å². The van der Waals surface area contributed by atoms with Gasteiger partial charge >= 0.3 is 0 Å². The molecule has 0 unspecified atom stereocenters. The summed E-state index contributed by atoms with van der Waals surface area (Å²) in [5.74, 6) is -1.74. The van der Waals surface area contributed by atoms with Crippen LogP contribution in [0.1, 0.15) is 15.9 Å². The van der Waals surface area contributed by atoms with Gasteiger partial charge in [-0.2, -0.15) is 0 Å². The molecule has 92 valence electrons.